The van der Waals surface area contributed by atoms with Crippen LogP contribution in [0.15, 0.2) is 91.0 Å². The van der Waals surface area contributed by atoms with E-state index >= 15 is 0 Å². The van der Waals surface area contributed by atoms with Crippen LogP contribution in [0.4, 0.5) is 0 Å². The van der Waals surface area contributed by atoms with Crippen LogP contribution in [0.25, 0.3) is 0 Å². The van der Waals surface area contributed by atoms with E-state index in [0.717, 1.165) is 16.2 Å². The molecule has 6 heteroatoms. The lowest BCUT2D eigenvalue weighted by Gasteiger charge is -2.48. The van der Waals surface area contributed by atoms with Crippen molar-refractivity contribution in [3.63, 3.8) is 0 Å². The number of hydrogen-bond donors (Lipinski definition) is 1. The Bertz CT molecular complexity index is 1010. The van der Waals surface area contributed by atoms with Gasteiger partial charge in [0, 0.05) is 11.7 Å². The molecular weight excluding hydrogens is 440 g/mol. The van der Waals surface area contributed by atoms with Gasteiger partial charge < -0.3 is 19.6 Å². The minimum Gasteiger partial charge on any atom is -0.555 e. The molecule has 0 unspecified atom stereocenters. The molecule has 1 fully saturated rings. The van der Waals surface area contributed by atoms with Crippen molar-refractivity contribution in [3.05, 3.63) is 91.0 Å². The molecule has 0 amide bonds. The Hall–Kier alpha value is -2.17. The molecule has 1 heterocycles. The molecule has 0 atom stereocenters. The van der Waals surface area contributed by atoms with Crippen LogP contribution in [0.2, 0.25) is 0 Å². The highest BCUT2D eigenvalue weighted by Gasteiger charge is 2.40. The van der Waals surface area contributed by atoms with Gasteiger partial charge in [0.1, 0.15) is 0 Å². The van der Waals surface area contributed by atoms with Crippen LogP contribution in [0.3, 0.4) is 0 Å². The Kier molecular flexibility index (Phi) is 8.26. The average molecular weight is 479 g/mol. The van der Waals surface area contributed by atoms with Crippen molar-refractivity contribution in [1.29, 1.82) is 0 Å². The maximum absolute atomic E-state index is 13.3. The first kappa shape index (κ1) is 26.4. The van der Waals surface area contributed by atoms with Gasteiger partial charge in [-0.25, -0.2) is 0 Å². The molecule has 3 aromatic carbocycles. The SMILES string of the molecule is CC(C)(C)CC(C)(C)[NH3+].O=P1(c2ccccc2)CO[B-](c2ccccc2)(c2ccccc2)OC1. The maximum Gasteiger partial charge on any atom is 0.299 e. The molecular formula is C28H39BNO3P. The van der Waals surface area contributed by atoms with Gasteiger partial charge in [-0.1, -0.05) is 112 Å². The highest BCUT2D eigenvalue weighted by molar-refractivity contribution is 7.71. The minimum atomic E-state index is -2.72. The van der Waals surface area contributed by atoms with Crippen LogP contribution in [0.1, 0.15) is 41.0 Å². The fourth-order valence-electron chi connectivity index (χ4n) is 4.81. The number of hydrogen-bond acceptors (Lipinski definition) is 3. The first-order chi connectivity index (χ1) is 15.9. The molecule has 34 heavy (non-hydrogen) atoms. The summed E-state index contributed by atoms with van der Waals surface area (Å²) in [5.74, 6) is 0. The molecule has 4 rings (SSSR count). The van der Waals surface area contributed by atoms with Gasteiger partial charge in [-0.15, -0.1) is 10.9 Å². The second kappa shape index (κ2) is 10.6. The van der Waals surface area contributed by atoms with Crippen molar-refractivity contribution in [1.82, 2.24) is 0 Å². The van der Waals surface area contributed by atoms with E-state index in [2.05, 4.69) is 40.4 Å². The monoisotopic (exact) mass is 479 g/mol. The molecule has 0 radical (unpaired) electrons. The van der Waals surface area contributed by atoms with E-state index < -0.39 is 13.7 Å². The van der Waals surface area contributed by atoms with E-state index in [1.807, 2.05) is 91.0 Å². The molecule has 3 N–H and O–H groups in total. The topological polar surface area (TPSA) is 63.2 Å². The Morgan fingerprint density at radius 3 is 1.44 bits per heavy atom. The summed E-state index contributed by atoms with van der Waals surface area (Å²) in [5.41, 5.74) is 6.64. The van der Waals surface area contributed by atoms with E-state index in [0.29, 0.717) is 5.41 Å². The van der Waals surface area contributed by atoms with Gasteiger partial charge in [0.15, 0.2) is 7.14 Å². The van der Waals surface area contributed by atoms with Crippen LogP contribution in [-0.2, 0) is 13.9 Å². The predicted octanol–water partition coefficient (Wildman–Crippen LogP) is 4.34. The van der Waals surface area contributed by atoms with Crippen molar-refractivity contribution in [3.8, 4) is 0 Å². The third-order valence-electron chi connectivity index (χ3n) is 5.75. The third kappa shape index (κ3) is 6.93. The van der Waals surface area contributed by atoms with Crippen LogP contribution in [0.5, 0.6) is 0 Å². The molecule has 0 spiro atoms. The predicted molar refractivity (Wildman–Crippen MR) is 145 cm³/mol. The quantitative estimate of drug-likeness (QED) is 0.448. The lowest BCUT2D eigenvalue weighted by molar-refractivity contribution is -0.470. The zero-order valence-electron chi connectivity index (χ0n) is 21.2. The third-order valence-corrected chi connectivity index (χ3v) is 8.12. The standard InChI is InChI=1S/C20H19BO3P.C8H19N/c22-25(20-14-8-3-9-15-20)16-23-21(24-17-25,18-10-4-1-5-11-18)19-12-6-2-7-13-19;1-7(2,3)6-8(4,5)9/h1-15H,16-17H2;6,9H2,1-5H3/q-1;/p+1. The fourth-order valence-corrected chi connectivity index (χ4v) is 6.80. The highest BCUT2D eigenvalue weighted by Crippen LogP contribution is 2.48. The first-order valence-corrected chi connectivity index (χ1v) is 14.0. The second-order valence-electron chi connectivity index (χ2n) is 11.3. The molecule has 0 saturated carbocycles. The zero-order chi connectivity index (χ0) is 24.9. The zero-order valence-corrected chi connectivity index (χ0v) is 22.1. The summed E-state index contributed by atoms with van der Waals surface area (Å²) in [5, 5.41) is 0.806. The van der Waals surface area contributed by atoms with Gasteiger partial charge in [0.25, 0.3) is 6.55 Å². The van der Waals surface area contributed by atoms with Crippen molar-refractivity contribution < 1.29 is 19.6 Å². The number of quaternary nitrogens is 1. The van der Waals surface area contributed by atoms with E-state index in [4.69, 9.17) is 9.31 Å². The highest BCUT2D eigenvalue weighted by atomic mass is 31.2. The molecule has 3 aromatic rings. The van der Waals surface area contributed by atoms with Gasteiger partial charge in [-0.05, 0) is 19.3 Å². The van der Waals surface area contributed by atoms with Gasteiger partial charge >= 0.3 is 0 Å². The molecule has 1 saturated heterocycles. The van der Waals surface area contributed by atoms with Crippen molar-refractivity contribution in [2.24, 2.45) is 5.41 Å². The first-order valence-electron chi connectivity index (χ1n) is 12.0. The van der Waals surface area contributed by atoms with E-state index in [1.54, 1.807) is 0 Å². The second-order valence-corrected chi connectivity index (χ2v) is 14.1. The normalized spacial score (nSPS) is 17.4. The van der Waals surface area contributed by atoms with Crippen LogP contribution < -0.4 is 22.0 Å². The maximum atomic E-state index is 13.3. The van der Waals surface area contributed by atoms with Crippen LogP contribution in [0, 0.1) is 5.41 Å². The van der Waals surface area contributed by atoms with Gasteiger partial charge in [-0.3, -0.25) is 0 Å². The summed E-state index contributed by atoms with van der Waals surface area (Å²) in [6, 6.07) is 29.3. The van der Waals surface area contributed by atoms with Crippen LogP contribution >= 0.6 is 7.14 Å². The van der Waals surface area contributed by atoms with Crippen LogP contribution in [-0.4, -0.2) is 24.8 Å². The number of benzene rings is 3. The molecule has 182 valence electrons. The van der Waals surface area contributed by atoms with Gasteiger partial charge in [0.2, 0.25) is 0 Å². The van der Waals surface area contributed by atoms with E-state index in [-0.39, 0.29) is 18.2 Å². The Labute approximate surface area is 205 Å². The fraction of sp³-hybridized carbons (Fsp3) is 0.357. The van der Waals surface area contributed by atoms with Crippen molar-refractivity contribution in [2.75, 3.05) is 12.7 Å². The summed E-state index contributed by atoms with van der Waals surface area (Å²) >= 11 is 0. The average Bonchev–Trinajstić information content (AvgIpc) is 2.80. The largest absolute Gasteiger partial charge is 0.555 e. The number of rotatable bonds is 4. The van der Waals surface area contributed by atoms with Gasteiger partial charge in [0.05, 0.1) is 18.2 Å². The Morgan fingerprint density at radius 2 is 1.12 bits per heavy atom. The molecule has 0 aromatic heterocycles. The Morgan fingerprint density at radius 1 is 0.735 bits per heavy atom. The molecule has 0 bridgehead atoms. The molecule has 0 aliphatic carbocycles. The molecule has 1 aliphatic heterocycles. The van der Waals surface area contributed by atoms with Crippen molar-refractivity contribution in [2.45, 2.75) is 46.6 Å². The van der Waals surface area contributed by atoms with E-state index in [9.17, 15) is 4.57 Å². The summed E-state index contributed by atoms with van der Waals surface area (Å²) in [6.07, 6.45) is 1.54. The summed E-state index contributed by atoms with van der Waals surface area (Å²) in [7, 11) is -2.72. The summed E-state index contributed by atoms with van der Waals surface area (Å²) in [6.45, 7) is 9.27. The smallest absolute Gasteiger partial charge is 0.299 e. The lowest BCUT2D eigenvalue weighted by Crippen LogP contribution is -2.70. The summed E-state index contributed by atoms with van der Waals surface area (Å²) < 4.78 is 25.9. The van der Waals surface area contributed by atoms with Crippen molar-refractivity contribution >= 4 is 29.9 Å². The van der Waals surface area contributed by atoms with Gasteiger partial charge in [-0.2, -0.15) is 0 Å². The summed E-state index contributed by atoms with van der Waals surface area (Å²) in [4.78, 5) is 0. The Balaban J connectivity index is 0.000000309. The lowest BCUT2D eigenvalue weighted by atomic mass is 9.46. The molecule has 4 nitrogen and oxygen atoms in total. The van der Waals surface area contributed by atoms with E-state index in [1.165, 1.54) is 6.42 Å². The minimum absolute atomic E-state index is 0.181. The molecule has 1 aliphatic rings.